The van der Waals surface area contributed by atoms with Gasteiger partial charge >= 0.3 is 0 Å². The van der Waals surface area contributed by atoms with E-state index in [0.29, 0.717) is 24.8 Å². The fourth-order valence-electron chi connectivity index (χ4n) is 4.21. The third kappa shape index (κ3) is 3.88. The number of nitrogens with zero attached hydrogens (tertiary/aromatic N) is 4. The lowest BCUT2D eigenvalue weighted by Gasteiger charge is -2.37. The molecule has 0 bridgehead atoms. The van der Waals surface area contributed by atoms with Gasteiger partial charge in [-0.25, -0.2) is 9.37 Å². The van der Waals surface area contributed by atoms with E-state index in [-0.39, 0.29) is 25.0 Å². The molecule has 1 aliphatic heterocycles. The minimum absolute atomic E-state index is 0.0309. The average Bonchev–Trinajstić information content (AvgIpc) is 3.06. The first-order valence-electron chi connectivity index (χ1n) is 10.6. The van der Waals surface area contributed by atoms with Gasteiger partial charge in [-0.1, -0.05) is 12.1 Å². The van der Waals surface area contributed by atoms with Crippen molar-refractivity contribution in [3.63, 3.8) is 0 Å². The third-order valence-corrected chi connectivity index (χ3v) is 6.46. The highest BCUT2D eigenvalue weighted by molar-refractivity contribution is 5.91. The summed E-state index contributed by atoms with van der Waals surface area (Å²) in [7, 11) is 1.99. The molecule has 0 saturated carbocycles. The van der Waals surface area contributed by atoms with Crippen molar-refractivity contribution >= 4 is 16.6 Å². The number of aromatic nitrogens is 3. The van der Waals surface area contributed by atoms with E-state index in [9.17, 15) is 4.79 Å². The van der Waals surface area contributed by atoms with Crippen molar-refractivity contribution in [2.45, 2.75) is 51.7 Å². The van der Waals surface area contributed by atoms with Crippen molar-refractivity contribution in [1.29, 1.82) is 0 Å². The van der Waals surface area contributed by atoms with E-state index < -0.39 is 5.67 Å². The van der Waals surface area contributed by atoms with Crippen LogP contribution in [0.25, 0.3) is 22.0 Å². The number of piperidine rings is 1. The summed E-state index contributed by atoms with van der Waals surface area (Å²) >= 11 is 0. The SMILES string of the molecule is Cc1ncc(-c2ccc3cnc(CC(=O)C4(F)CCN(C(C)C)CC4)cc3c2)n1C. The minimum Gasteiger partial charge on any atom is -0.331 e. The normalized spacial score (nSPS) is 17.0. The van der Waals surface area contributed by atoms with Gasteiger partial charge in [0.25, 0.3) is 0 Å². The van der Waals surface area contributed by atoms with Gasteiger partial charge in [0.05, 0.1) is 18.3 Å². The molecule has 0 unspecified atom stereocenters. The molecule has 1 fully saturated rings. The number of fused-ring (bicyclic) bond motifs is 1. The smallest absolute Gasteiger partial charge is 0.175 e. The lowest BCUT2D eigenvalue weighted by atomic mass is 9.86. The van der Waals surface area contributed by atoms with Crippen LogP contribution in [0.15, 0.2) is 36.7 Å². The summed E-state index contributed by atoms with van der Waals surface area (Å²) in [4.78, 5) is 23.8. The highest BCUT2D eigenvalue weighted by atomic mass is 19.1. The summed E-state index contributed by atoms with van der Waals surface area (Å²) in [5.74, 6) is 0.596. The predicted octanol–water partition coefficient (Wildman–Crippen LogP) is 4.27. The number of hydrogen-bond donors (Lipinski definition) is 0. The van der Waals surface area contributed by atoms with Crippen LogP contribution in [0.2, 0.25) is 0 Å². The quantitative estimate of drug-likeness (QED) is 0.633. The Morgan fingerprint density at radius 3 is 2.50 bits per heavy atom. The van der Waals surface area contributed by atoms with E-state index >= 15 is 4.39 Å². The molecular formula is C24H29FN4O. The molecule has 6 heteroatoms. The molecule has 0 amide bonds. The second-order valence-electron chi connectivity index (χ2n) is 8.68. The van der Waals surface area contributed by atoms with E-state index in [1.165, 1.54) is 0 Å². The summed E-state index contributed by atoms with van der Waals surface area (Å²) in [5.41, 5.74) is 0.963. The van der Waals surface area contributed by atoms with Gasteiger partial charge in [0.2, 0.25) is 0 Å². The Morgan fingerprint density at radius 1 is 1.13 bits per heavy atom. The molecule has 0 radical (unpaired) electrons. The molecule has 2 aromatic heterocycles. The van der Waals surface area contributed by atoms with Crippen LogP contribution in [0.5, 0.6) is 0 Å². The Labute approximate surface area is 176 Å². The molecular weight excluding hydrogens is 379 g/mol. The Balaban J connectivity index is 1.54. The Kier molecular flexibility index (Phi) is 5.45. The van der Waals surface area contributed by atoms with E-state index in [1.807, 2.05) is 42.9 Å². The van der Waals surface area contributed by atoms with Gasteiger partial charge in [-0.15, -0.1) is 0 Å². The second-order valence-corrected chi connectivity index (χ2v) is 8.68. The number of ketones is 1. The summed E-state index contributed by atoms with van der Waals surface area (Å²) in [6.07, 6.45) is 4.19. The molecule has 1 aromatic carbocycles. The lowest BCUT2D eigenvalue weighted by Crippen LogP contribution is -2.49. The fraction of sp³-hybridized carbons (Fsp3) is 0.458. The highest BCUT2D eigenvalue weighted by Crippen LogP contribution is 2.30. The Bertz CT molecular complexity index is 1080. The maximum absolute atomic E-state index is 15.3. The largest absolute Gasteiger partial charge is 0.331 e. The number of alkyl halides is 1. The van der Waals surface area contributed by atoms with Crippen molar-refractivity contribution in [2.24, 2.45) is 7.05 Å². The molecule has 1 aliphatic rings. The van der Waals surface area contributed by atoms with E-state index in [0.717, 1.165) is 27.9 Å². The number of carbonyl (C=O) groups excluding carboxylic acids is 1. The number of benzene rings is 1. The van der Waals surface area contributed by atoms with Crippen LogP contribution in [-0.4, -0.2) is 50.0 Å². The van der Waals surface area contributed by atoms with Crippen LogP contribution in [0.4, 0.5) is 4.39 Å². The van der Waals surface area contributed by atoms with Gasteiger partial charge in [-0.3, -0.25) is 9.78 Å². The number of rotatable bonds is 5. The second kappa shape index (κ2) is 7.91. The molecule has 0 aliphatic carbocycles. The molecule has 158 valence electrons. The van der Waals surface area contributed by atoms with Gasteiger partial charge in [-0.2, -0.15) is 0 Å². The first-order chi connectivity index (χ1) is 14.3. The van der Waals surface area contributed by atoms with Gasteiger partial charge in [0.1, 0.15) is 5.82 Å². The number of pyridine rings is 1. The zero-order valence-electron chi connectivity index (χ0n) is 18.2. The number of Topliss-reactive ketones (excluding diaryl/α,β-unsaturated/α-hetero) is 1. The highest BCUT2D eigenvalue weighted by Gasteiger charge is 2.41. The number of imidazole rings is 1. The van der Waals surface area contributed by atoms with Crippen molar-refractivity contribution in [2.75, 3.05) is 13.1 Å². The number of likely N-dealkylation sites (tertiary alicyclic amines) is 1. The molecule has 0 N–H and O–H groups in total. The predicted molar refractivity (Wildman–Crippen MR) is 117 cm³/mol. The van der Waals surface area contributed by atoms with Crippen molar-refractivity contribution < 1.29 is 9.18 Å². The number of carbonyl (C=O) groups is 1. The molecule has 3 aromatic rings. The summed E-state index contributed by atoms with van der Waals surface area (Å²) in [5, 5.41) is 1.99. The van der Waals surface area contributed by atoms with Crippen LogP contribution in [0.1, 0.15) is 38.2 Å². The summed E-state index contributed by atoms with van der Waals surface area (Å²) < 4.78 is 17.4. The van der Waals surface area contributed by atoms with Crippen LogP contribution in [0.3, 0.4) is 0 Å². The first kappa shape index (κ1) is 20.7. The van der Waals surface area contributed by atoms with Crippen molar-refractivity contribution in [1.82, 2.24) is 19.4 Å². The van der Waals surface area contributed by atoms with Crippen molar-refractivity contribution in [3.8, 4) is 11.3 Å². The molecule has 1 saturated heterocycles. The maximum Gasteiger partial charge on any atom is 0.175 e. The first-order valence-corrected chi connectivity index (χ1v) is 10.6. The molecule has 0 atom stereocenters. The van der Waals surface area contributed by atoms with Gasteiger partial charge in [0.15, 0.2) is 11.5 Å². The van der Waals surface area contributed by atoms with Gasteiger partial charge < -0.3 is 9.47 Å². The third-order valence-electron chi connectivity index (χ3n) is 6.46. The number of halogens is 1. The molecule has 30 heavy (non-hydrogen) atoms. The fourth-order valence-corrected chi connectivity index (χ4v) is 4.21. The number of aryl methyl sites for hydroxylation is 1. The average molecular weight is 409 g/mol. The van der Waals surface area contributed by atoms with Crippen LogP contribution >= 0.6 is 0 Å². The van der Waals surface area contributed by atoms with Crippen LogP contribution in [0, 0.1) is 6.92 Å². The summed E-state index contributed by atoms with van der Waals surface area (Å²) in [6.45, 7) is 7.42. The minimum atomic E-state index is -1.74. The summed E-state index contributed by atoms with van der Waals surface area (Å²) in [6, 6.07) is 8.43. The van der Waals surface area contributed by atoms with E-state index in [4.69, 9.17) is 0 Å². The lowest BCUT2D eigenvalue weighted by molar-refractivity contribution is -0.133. The van der Waals surface area contributed by atoms with E-state index in [2.05, 4.69) is 34.8 Å². The molecule has 3 heterocycles. The Morgan fingerprint density at radius 2 is 1.87 bits per heavy atom. The van der Waals surface area contributed by atoms with Gasteiger partial charge in [-0.05, 0) is 38.3 Å². The Hall–Kier alpha value is -2.60. The zero-order valence-corrected chi connectivity index (χ0v) is 18.2. The monoisotopic (exact) mass is 408 g/mol. The number of hydrogen-bond acceptors (Lipinski definition) is 4. The zero-order chi connectivity index (χ0) is 21.5. The van der Waals surface area contributed by atoms with E-state index in [1.54, 1.807) is 6.20 Å². The topological polar surface area (TPSA) is 51.0 Å². The molecule has 5 nitrogen and oxygen atoms in total. The van der Waals surface area contributed by atoms with Crippen LogP contribution in [-0.2, 0) is 18.3 Å². The standard InChI is InChI=1S/C24H29FN4O/c1-16(2)29-9-7-24(25,8-10-29)23(30)13-21-12-20-11-18(5-6-19(20)14-27-21)22-15-26-17(3)28(22)4/h5-6,11-12,14-16H,7-10,13H2,1-4H3. The molecule has 0 spiro atoms. The molecule has 4 rings (SSSR count). The van der Waals surface area contributed by atoms with Gasteiger partial charge in [0, 0.05) is 61.9 Å². The maximum atomic E-state index is 15.3. The van der Waals surface area contributed by atoms with Crippen molar-refractivity contribution in [3.05, 3.63) is 48.2 Å². The van der Waals surface area contributed by atoms with Crippen LogP contribution < -0.4 is 0 Å².